The van der Waals surface area contributed by atoms with Crippen LogP contribution in [-0.4, -0.2) is 27.5 Å². The number of aromatic amines is 1. The highest BCUT2D eigenvalue weighted by atomic mass is 16.2. The topological polar surface area (TPSA) is 89.8 Å². The van der Waals surface area contributed by atoms with Crippen LogP contribution in [0.4, 0.5) is 0 Å². The first-order valence-corrected chi connectivity index (χ1v) is 8.39. The summed E-state index contributed by atoms with van der Waals surface area (Å²) in [5.41, 5.74) is 1.43. The van der Waals surface area contributed by atoms with Gasteiger partial charge in [-0.2, -0.15) is 10.4 Å². The number of amides is 1. The van der Waals surface area contributed by atoms with Gasteiger partial charge >= 0.3 is 0 Å². The molecule has 0 aliphatic heterocycles. The Kier molecular flexibility index (Phi) is 5.09. The van der Waals surface area contributed by atoms with Crippen molar-refractivity contribution in [3.8, 4) is 6.07 Å². The molecule has 26 heavy (non-hydrogen) atoms. The lowest BCUT2D eigenvalue weighted by molar-refractivity contribution is 0.0738. The van der Waals surface area contributed by atoms with Crippen molar-refractivity contribution in [3.63, 3.8) is 0 Å². The minimum Gasteiger partial charge on any atom is -0.333 e. The van der Waals surface area contributed by atoms with E-state index < -0.39 is 0 Å². The predicted molar refractivity (Wildman–Crippen MR) is 98.6 cm³/mol. The van der Waals surface area contributed by atoms with Crippen LogP contribution in [0.5, 0.6) is 0 Å². The number of H-pyrrole nitrogens is 1. The molecule has 3 rings (SSSR count). The fourth-order valence-electron chi connectivity index (χ4n) is 2.85. The summed E-state index contributed by atoms with van der Waals surface area (Å²) in [5, 5.41) is 16.3. The Bertz CT molecular complexity index is 1030. The normalized spacial score (nSPS) is 10.5. The van der Waals surface area contributed by atoms with Crippen molar-refractivity contribution in [2.75, 3.05) is 6.54 Å². The van der Waals surface area contributed by atoms with E-state index in [1.54, 1.807) is 41.3 Å². The van der Waals surface area contributed by atoms with Crippen molar-refractivity contribution in [2.24, 2.45) is 0 Å². The minimum absolute atomic E-state index is 0.233. The van der Waals surface area contributed by atoms with Gasteiger partial charge in [-0.15, -0.1) is 0 Å². The Labute approximate surface area is 150 Å². The Morgan fingerprint density at radius 2 is 1.85 bits per heavy atom. The summed E-state index contributed by atoms with van der Waals surface area (Å²) in [6.45, 7) is 2.97. The van der Waals surface area contributed by atoms with Crippen LogP contribution in [0.3, 0.4) is 0 Å². The van der Waals surface area contributed by atoms with Gasteiger partial charge in [-0.1, -0.05) is 37.3 Å². The monoisotopic (exact) mass is 346 g/mol. The van der Waals surface area contributed by atoms with E-state index in [0.717, 1.165) is 12.0 Å². The molecule has 2 aromatic carbocycles. The van der Waals surface area contributed by atoms with Gasteiger partial charge in [-0.25, -0.2) is 5.10 Å². The van der Waals surface area contributed by atoms with Gasteiger partial charge in [0.15, 0.2) is 5.69 Å². The third-order valence-electron chi connectivity index (χ3n) is 4.14. The number of nitrogens with zero attached hydrogens (tertiary/aromatic N) is 3. The van der Waals surface area contributed by atoms with Crippen LogP contribution in [0.2, 0.25) is 0 Å². The molecule has 0 unspecified atom stereocenters. The summed E-state index contributed by atoms with van der Waals surface area (Å²) in [7, 11) is 0. The van der Waals surface area contributed by atoms with E-state index in [2.05, 4.69) is 16.3 Å². The van der Waals surface area contributed by atoms with Crippen LogP contribution >= 0.6 is 0 Å². The SMILES string of the molecule is CCCN(Cc1ccc(C#N)cc1)C(=O)c1n[nH]c(=O)c2ccccc12. The molecule has 0 bridgehead atoms. The number of hydrogen-bond acceptors (Lipinski definition) is 4. The van der Waals surface area contributed by atoms with E-state index in [4.69, 9.17) is 5.26 Å². The second-order valence-electron chi connectivity index (χ2n) is 5.98. The van der Waals surface area contributed by atoms with Gasteiger partial charge in [0, 0.05) is 18.5 Å². The largest absolute Gasteiger partial charge is 0.333 e. The molecule has 0 atom stereocenters. The Hall–Kier alpha value is -3.46. The molecule has 0 fully saturated rings. The molecule has 0 aliphatic carbocycles. The van der Waals surface area contributed by atoms with Crippen molar-refractivity contribution in [1.29, 1.82) is 5.26 Å². The van der Waals surface area contributed by atoms with E-state index in [1.165, 1.54) is 0 Å². The molecule has 0 saturated carbocycles. The van der Waals surface area contributed by atoms with Crippen LogP contribution in [0.25, 0.3) is 10.8 Å². The quantitative estimate of drug-likeness (QED) is 0.769. The molecule has 3 aromatic rings. The molecule has 130 valence electrons. The lowest BCUT2D eigenvalue weighted by Crippen LogP contribution is -2.33. The zero-order chi connectivity index (χ0) is 18.5. The number of benzene rings is 2. The summed E-state index contributed by atoms with van der Waals surface area (Å²) >= 11 is 0. The summed E-state index contributed by atoms with van der Waals surface area (Å²) in [6, 6.07) is 16.2. The van der Waals surface area contributed by atoms with Gasteiger partial charge in [0.25, 0.3) is 11.5 Å². The maximum absolute atomic E-state index is 13.1. The highest BCUT2D eigenvalue weighted by Crippen LogP contribution is 2.16. The molecule has 6 heteroatoms. The van der Waals surface area contributed by atoms with Gasteiger partial charge in [-0.05, 0) is 30.2 Å². The average molecular weight is 346 g/mol. The molecule has 0 spiro atoms. The zero-order valence-corrected chi connectivity index (χ0v) is 14.4. The first-order chi connectivity index (χ1) is 12.6. The lowest BCUT2D eigenvalue weighted by Gasteiger charge is -2.22. The van der Waals surface area contributed by atoms with Crippen molar-refractivity contribution in [3.05, 3.63) is 75.7 Å². The number of nitrogens with one attached hydrogen (secondary N) is 1. The number of carbonyl (C=O) groups excluding carboxylic acids is 1. The van der Waals surface area contributed by atoms with Gasteiger partial charge in [-0.3, -0.25) is 9.59 Å². The number of hydrogen-bond donors (Lipinski definition) is 1. The molecular formula is C20H18N4O2. The first-order valence-electron chi connectivity index (χ1n) is 8.39. The molecule has 1 heterocycles. The first kappa shape index (κ1) is 17.4. The molecule has 0 radical (unpaired) electrons. The fourth-order valence-corrected chi connectivity index (χ4v) is 2.85. The van der Waals surface area contributed by atoms with Crippen LogP contribution in [0.1, 0.15) is 35.0 Å². The highest BCUT2D eigenvalue weighted by molar-refractivity contribution is 6.04. The van der Waals surface area contributed by atoms with Gasteiger partial charge in [0.05, 0.1) is 17.0 Å². The number of fused-ring (bicyclic) bond motifs is 1. The molecule has 6 nitrogen and oxygen atoms in total. The van der Waals surface area contributed by atoms with E-state index in [-0.39, 0.29) is 17.2 Å². The number of carbonyl (C=O) groups is 1. The van der Waals surface area contributed by atoms with Crippen molar-refractivity contribution >= 4 is 16.7 Å². The Morgan fingerprint density at radius 1 is 1.15 bits per heavy atom. The molecule has 1 amide bonds. The number of aromatic nitrogens is 2. The Morgan fingerprint density at radius 3 is 2.50 bits per heavy atom. The van der Waals surface area contributed by atoms with Crippen molar-refractivity contribution in [1.82, 2.24) is 15.1 Å². The Balaban J connectivity index is 1.95. The zero-order valence-electron chi connectivity index (χ0n) is 14.4. The van der Waals surface area contributed by atoms with E-state index in [9.17, 15) is 9.59 Å². The maximum Gasteiger partial charge on any atom is 0.275 e. The molecule has 1 N–H and O–H groups in total. The number of rotatable bonds is 5. The lowest BCUT2D eigenvalue weighted by atomic mass is 10.1. The van der Waals surface area contributed by atoms with E-state index >= 15 is 0 Å². The summed E-state index contributed by atoms with van der Waals surface area (Å²) in [6.07, 6.45) is 0.795. The van der Waals surface area contributed by atoms with Crippen LogP contribution in [-0.2, 0) is 6.54 Å². The highest BCUT2D eigenvalue weighted by Gasteiger charge is 2.20. The van der Waals surface area contributed by atoms with Gasteiger partial charge in [0.1, 0.15) is 0 Å². The third kappa shape index (κ3) is 3.47. The molecular weight excluding hydrogens is 328 g/mol. The standard InChI is InChI=1S/C20H18N4O2/c1-2-11-24(13-15-9-7-14(12-21)8-10-15)20(26)18-16-5-3-4-6-17(16)19(25)23-22-18/h3-10H,2,11,13H2,1H3,(H,23,25). The third-order valence-corrected chi connectivity index (χ3v) is 4.14. The molecule has 0 aliphatic rings. The van der Waals surface area contributed by atoms with Crippen LogP contribution in [0, 0.1) is 11.3 Å². The minimum atomic E-state index is -0.314. The van der Waals surface area contributed by atoms with Gasteiger partial charge in [0.2, 0.25) is 0 Å². The van der Waals surface area contributed by atoms with Crippen LogP contribution < -0.4 is 5.56 Å². The predicted octanol–water partition coefficient (Wildman–Crippen LogP) is 2.85. The second kappa shape index (κ2) is 7.62. The van der Waals surface area contributed by atoms with Gasteiger partial charge < -0.3 is 4.90 Å². The number of nitriles is 1. The molecule has 0 saturated heterocycles. The van der Waals surface area contributed by atoms with Crippen molar-refractivity contribution in [2.45, 2.75) is 19.9 Å². The summed E-state index contributed by atoms with van der Waals surface area (Å²) in [5.74, 6) is -0.233. The fraction of sp³-hybridized carbons (Fsp3) is 0.200. The summed E-state index contributed by atoms with van der Waals surface area (Å²) in [4.78, 5) is 26.7. The van der Waals surface area contributed by atoms with Crippen LogP contribution in [0.15, 0.2) is 53.3 Å². The van der Waals surface area contributed by atoms with E-state index in [1.807, 2.05) is 19.1 Å². The smallest absolute Gasteiger partial charge is 0.275 e. The second-order valence-corrected chi connectivity index (χ2v) is 5.98. The summed E-state index contributed by atoms with van der Waals surface area (Å²) < 4.78 is 0. The molecule has 1 aromatic heterocycles. The maximum atomic E-state index is 13.1. The average Bonchev–Trinajstić information content (AvgIpc) is 2.68. The van der Waals surface area contributed by atoms with E-state index in [0.29, 0.717) is 29.4 Å². The van der Waals surface area contributed by atoms with Crippen molar-refractivity contribution < 1.29 is 4.79 Å².